The number of rotatable bonds is 7. The molecule has 0 aliphatic heterocycles. The van der Waals surface area contributed by atoms with Gasteiger partial charge in [0.1, 0.15) is 11.5 Å². The van der Waals surface area contributed by atoms with Gasteiger partial charge in [0, 0.05) is 12.1 Å². The second-order valence-electron chi connectivity index (χ2n) is 6.69. The minimum atomic E-state index is -4.49. The number of carbonyl (C=O) groups is 1. The highest BCUT2D eigenvalue weighted by molar-refractivity contribution is 7.89. The van der Waals surface area contributed by atoms with Crippen LogP contribution in [0.4, 0.5) is 13.2 Å². The molecule has 0 radical (unpaired) electrons. The maximum Gasteiger partial charge on any atom is 0.416 e. The summed E-state index contributed by atoms with van der Waals surface area (Å²) in [5, 5.41) is 2.70. The van der Waals surface area contributed by atoms with Crippen molar-refractivity contribution < 1.29 is 31.1 Å². The van der Waals surface area contributed by atoms with Crippen molar-refractivity contribution in [3.05, 3.63) is 89.5 Å². The lowest BCUT2D eigenvalue weighted by Crippen LogP contribution is -2.23. The Bertz CT molecular complexity index is 1210. The fourth-order valence-electron chi connectivity index (χ4n) is 2.76. The molecule has 10 heteroatoms. The SMILES string of the molecule is CNS(=O)(=O)c1ccc(CNC(=O)c2cccc(Oc3cccc(C(F)(F)F)c3)c2)cc1. The zero-order chi connectivity index (χ0) is 23.4. The molecule has 6 nitrogen and oxygen atoms in total. The first-order valence-electron chi connectivity index (χ1n) is 9.34. The lowest BCUT2D eigenvalue weighted by atomic mass is 10.1. The Morgan fingerprint density at radius 3 is 2.19 bits per heavy atom. The molecule has 32 heavy (non-hydrogen) atoms. The molecule has 3 rings (SSSR count). The summed E-state index contributed by atoms with van der Waals surface area (Å²) in [7, 11) is -2.23. The van der Waals surface area contributed by atoms with Crippen LogP contribution in [-0.2, 0) is 22.7 Å². The molecule has 0 spiro atoms. The number of alkyl halides is 3. The molecule has 0 saturated carbocycles. The maximum absolute atomic E-state index is 12.9. The van der Waals surface area contributed by atoms with Gasteiger partial charge in [0.2, 0.25) is 10.0 Å². The van der Waals surface area contributed by atoms with Crippen molar-refractivity contribution in [2.24, 2.45) is 0 Å². The van der Waals surface area contributed by atoms with Crippen molar-refractivity contribution in [1.82, 2.24) is 10.0 Å². The number of halogens is 3. The molecular formula is C22H19F3N2O4S. The zero-order valence-corrected chi connectivity index (χ0v) is 17.6. The van der Waals surface area contributed by atoms with E-state index < -0.39 is 27.7 Å². The van der Waals surface area contributed by atoms with Crippen molar-refractivity contribution in [3.63, 3.8) is 0 Å². The van der Waals surface area contributed by atoms with Crippen molar-refractivity contribution in [2.75, 3.05) is 7.05 Å². The monoisotopic (exact) mass is 464 g/mol. The van der Waals surface area contributed by atoms with Crippen molar-refractivity contribution in [1.29, 1.82) is 0 Å². The normalized spacial score (nSPS) is 11.8. The lowest BCUT2D eigenvalue weighted by molar-refractivity contribution is -0.137. The standard InChI is InChI=1S/C22H19F3N2O4S/c1-26-32(29,30)20-10-8-15(9-11-20)14-27-21(28)16-4-2-6-18(12-16)31-19-7-3-5-17(13-19)22(23,24)25/h2-13,26H,14H2,1H3,(H,27,28). The van der Waals surface area contributed by atoms with E-state index >= 15 is 0 Å². The zero-order valence-electron chi connectivity index (χ0n) is 16.8. The second kappa shape index (κ2) is 9.41. The smallest absolute Gasteiger partial charge is 0.416 e. The quantitative estimate of drug-likeness (QED) is 0.545. The average Bonchev–Trinajstić information content (AvgIpc) is 2.77. The van der Waals surface area contributed by atoms with E-state index in [-0.39, 0.29) is 28.5 Å². The van der Waals surface area contributed by atoms with E-state index in [1.54, 1.807) is 18.2 Å². The number of amides is 1. The van der Waals surface area contributed by atoms with Crippen LogP contribution in [0, 0.1) is 0 Å². The van der Waals surface area contributed by atoms with Gasteiger partial charge in [-0.2, -0.15) is 13.2 Å². The van der Waals surface area contributed by atoms with E-state index in [0.29, 0.717) is 5.56 Å². The van der Waals surface area contributed by atoms with Crippen LogP contribution in [0.2, 0.25) is 0 Å². The minimum absolute atomic E-state index is 0.00556. The van der Waals surface area contributed by atoms with Gasteiger partial charge < -0.3 is 10.1 Å². The third-order valence-corrected chi connectivity index (χ3v) is 5.88. The van der Waals surface area contributed by atoms with Crippen LogP contribution in [0.15, 0.2) is 77.7 Å². The Morgan fingerprint density at radius 1 is 0.938 bits per heavy atom. The van der Waals surface area contributed by atoms with Gasteiger partial charge >= 0.3 is 6.18 Å². The summed E-state index contributed by atoms with van der Waals surface area (Å²) >= 11 is 0. The predicted octanol–water partition coefficient (Wildman–Crippen LogP) is 4.34. The van der Waals surface area contributed by atoms with E-state index in [1.165, 1.54) is 49.5 Å². The molecule has 0 saturated heterocycles. The van der Waals surface area contributed by atoms with Gasteiger partial charge in [0.05, 0.1) is 10.5 Å². The lowest BCUT2D eigenvalue weighted by Gasteiger charge is -2.11. The molecular weight excluding hydrogens is 445 g/mol. The highest BCUT2D eigenvalue weighted by Gasteiger charge is 2.30. The largest absolute Gasteiger partial charge is 0.457 e. The molecule has 0 bridgehead atoms. The number of carbonyl (C=O) groups excluding carboxylic acids is 1. The maximum atomic E-state index is 12.9. The summed E-state index contributed by atoms with van der Waals surface area (Å²) in [6.45, 7) is 0.150. The topological polar surface area (TPSA) is 84.5 Å². The summed E-state index contributed by atoms with van der Waals surface area (Å²) in [6, 6.07) is 16.5. The fraction of sp³-hybridized carbons (Fsp3) is 0.136. The Hall–Kier alpha value is -3.37. The van der Waals surface area contributed by atoms with E-state index in [0.717, 1.165) is 12.1 Å². The Morgan fingerprint density at radius 2 is 1.56 bits per heavy atom. The molecule has 3 aromatic carbocycles. The first-order chi connectivity index (χ1) is 15.1. The van der Waals surface area contributed by atoms with E-state index in [2.05, 4.69) is 10.0 Å². The van der Waals surface area contributed by atoms with E-state index in [4.69, 9.17) is 4.74 Å². The molecule has 0 unspecified atom stereocenters. The highest BCUT2D eigenvalue weighted by atomic mass is 32.2. The van der Waals surface area contributed by atoms with Crippen LogP contribution in [0.5, 0.6) is 11.5 Å². The van der Waals surface area contributed by atoms with Crippen molar-refractivity contribution in [3.8, 4) is 11.5 Å². The third-order valence-electron chi connectivity index (χ3n) is 4.45. The van der Waals surface area contributed by atoms with Gasteiger partial charge in [-0.3, -0.25) is 4.79 Å². The Kier molecular flexibility index (Phi) is 6.85. The predicted molar refractivity (Wildman–Crippen MR) is 112 cm³/mol. The molecule has 168 valence electrons. The van der Waals surface area contributed by atoms with E-state index in [1.807, 2.05) is 0 Å². The Balaban J connectivity index is 1.66. The number of nitrogens with one attached hydrogen (secondary N) is 2. The summed E-state index contributed by atoms with van der Waals surface area (Å²) < 4.78 is 69.8. The summed E-state index contributed by atoms with van der Waals surface area (Å²) in [6.07, 6.45) is -4.49. The van der Waals surface area contributed by atoms with Crippen LogP contribution in [0.3, 0.4) is 0 Å². The number of hydrogen-bond acceptors (Lipinski definition) is 4. The van der Waals surface area contributed by atoms with E-state index in [9.17, 15) is 26.4 Å². The number of benzene rings is 3. The molecule has 1 amide bonds. The molecule has 0 aliphatic rings. The van der Waals surface area contributed by atoms with Crippen LogP contribution in [0.25, 0.3) is 0 Å². The average molecular weight is 464 g/mol. The van der Waals surface area contributed by atoms with Crippen LogP contribution in [0.1, 0.15) is 21.5 Å². The molecule has 0 fully saturated rings. The van der Waals surface area contributed by atoms with Crippen LogP contribution >= 0.6 is 0 Å². The van der Waals surface area contributed by atoms with Crippen LogP contribution < -0.4 is 14.8 Å². The Labute approximate surface area is 183 Å². The van der Waals surface area contributed by atoms with Gasteiger partial charge in [0.15, 0.2) is 0 Å². The molecule has 3 aromatic rings. The second-order valence-corrected chi connectivity index (χ2v) is 8.58. The summed E-state index contributed by atoms with van der Waals surface area (Å²) in [5.74, 6) is -0.223. The number of sulfonamides is 1. The van der Waals surface area contributed by atoms with Crippen LogP contribution in [-0.4, -0.2) is 21.4 Å². The van der Waals surface area contributed by atoms with Gasteiger partial charge in [-0.1, -0.05) is 24.3 Å². The van der Waals surface area contributed by atoms with Crippen molar-refractivity contribution >= 4 is 15.9 Å². The molecule has 2 N–H and O–H groups in total. The van der Waals surface area contributed by atoms with Gasteiger partial charge in [-0.15, -0.1) is 0 Å². The molecule has 0 atom stereocenters. The first-order valence-corrected chi connectivity index (χ1v) is 10.8. The molecule has 0 aromatic heterocycles. The number of hydrogen-bond donors (Lipinski definition) is 2. The third kappa shape index (κ3) is 5.86. The molecule has 0 aliphatic carbocycles. The van der Waals surface area contributed by atoms with Crippen molar-refractivity contribution in [2.45, 2.75) is 17.6 Å². The summed E-state index contributed by atoms with van der Waals surface area (Å²) in [4.78, 5) is 12.6. The fourth-order valence-corrected chi connectivity index (χ4v) is 3.49. The van der Waals surface area contributed by atoms with Gasteiger partial charge in [-0.25, -0.2) is 13.1 Å². The van der Waals surface area contributed by atoms with Gasteiger partial charge in [-0.05, 0) is 61.1 Å². The summed E-state index contributed by atoms with van der Waals surface area (Å²) in [5.41, 5.74) is 0.103. The minimum Gasteiger partial charge on any atom is -0.457 e. The number of ether oxygens (including phenoxy) is 1. The highest BCUT2D eigenvalue weighted by Crippen LogP contribution is 2.32. The van der Waals surface area contributed by atoms with Gasteiger partial charge in [0.25, 0.3) is 5.91 Å². The first kappa shape index (κ1) is 23.3. The molecule has 0 heterocycles.